The average Bonchev–Trinajstić information content (AvgIpc) is 3.31. The van der Waals surface area contributed by atoms with E-state index in [0.717, 1.165) is 37.8 Å². The molecule has 4 rings (SSSR count). The number of fused-ring (bicyclic) bond motifs is 1. The summed E-state index contributed by atoms with van der Waals surface area (Å²) in [6.07, 6.45) is 9.73. The lowest BCUT2D eigenvalue weighted by atomic mass is 9.95. The van der Waals surface area contributed by atoms with Crippen molar-refractivity contribution in [3.63, 3.8) is 0 Å². The fourth-order valence-corrected chi connectivity index (χ4v) is 5.02. The molecule has 0 radical (unpaired) electrons. The molecule has 0 aliphatic heterocycles. The van der Waals surface area contributed by atoms with Gasteiger partial charge in [0.25, 0.3) is 5.91 Å². The van der Waals surface area contributed by atoms with Crippen LogP contribution in [0, 0.1) is 0 Å². The number of carbonyl (C=O) groups excluding carboxylic acids is 2. The van der Waals surface area contributed by atoms with Crippen molar-refractivity contribution in [3.05, 3.63) is 70.6 Å². The van der Waals surface area contributed by atoms with Crippen LogP contribution in [0.2, 0.25) is 0 Å². The van der Waals surface area contributed by atoms with Crippen LogP contribution in [0.25, 0.3) is 0 Å². The van der Waals surface area contributed by atoms with Crippen LogP contribution >= 0.6 is 11.3 Å². The molecule has 3 aromatic rings. The van der Waals surface area contributed by atoms with Gasteiger partial charge in [-0.1, -0.05) is 30.3 Å². The van der Waals surface area contributed by atoms with E-state index >= 15 is 0 Å². The molecule has 30 heavy (non-hydrogen) atoms. The van der Waals surface area contributed by atoms with E-state index in [2.05, 4.69) is 17.4 Å². The largest absolute Gasteiger partial charge is 1.00 e. The zero-order valence-electron chi connectivity index (χ0n) is 16.8. The molecule has 1 N–H and O–H groups in total. The van der Waals surface area contributed by atoms with Crippen molar-refractivity contribution in [2.75, 3.05) is 12.4 Å². The Morgan fingerprint density at radius 3 is 2.73 bits per heavy atom. The lowest BCUT2D eigenvalue weighted by Gasteiger charge is -2.11. The summed E-state index contributed by atoms with van der Waals surface area (Å²) < 4.78 is 8.84. The third-order valence-corrected chi connectivity index (χ3v) is 6.30. The molecule has 6 nitrogen and oxygen atoms in total. The highest BCUT2D eigenvalue weighted by atomic mass is 35.5. The van der Waals surface area contributed by atoms with Gasteiger partial charge in [-0.2, -0.15) is 0 Å². The number of hydrogen-bond acceptors (Lipinski definition) is 4. The van der Waals surface area contributed by atoms with Crippen molar-refractivity contribution >= 4 is 28.2 Å². The Hall–Kier alpha value is -2.64. The number of benzene rings is 1. The van der Waals surface area contributed by atoms with E-state index in [9.17, 15) is 9.59 Å². The fraction of sp³-hybridized carbons (Fsp3) is 0.318. The molecule has 0 bridgehead atoms. The number of nitrogens with zero attached hydrogens (tertiary/aromatic N) is 2. The van der Waals surface area contributed by atoms with Gasteiger partial charge in [0.15, 0.2) is 6.54 Å². The summed E-state index contributed by atoms with van der Waals surface area (Å²) in [4.78, 5) is 26.1. The van der Waals surface area contributed by atoms with Crippen molar-refractivity contribution in [1.82, 2.24) is 4.57 Å². The van der Waals surface area contributed by atoms with Crippen LogP contribution in [0.4, 0.5) is 5.00 Å². The zero-order chi connectivity index (χ0) is 20.2. The Labute approximate surface area is 185 Å². The number of anilines is 1. The van der Waals surface area contributed by atoms with Crippen LogP contribution in [-0.4, -0.2) is 23.6 Å². The normalized spacial score (nSPS) is 12.6. The first-order chi connectivity index (χ1) is 14.1. The highest BCUT2D eigenvalue weighted by Gasteiger charge is 2.27. The molecule has 2 aromatic heterocycles. The van der Waals surface area contributed by atoms with E-state index in [4.69, 9.17) is 4.74 Å². The molecule has 1 aromatic carbocycles. The predicted octanol–water partition coefficient (Wildman–Crippen LogP) is 0.194. The molecule has 1 aliphatic rings. The van der Waals surface area contributed by atoms with Gasteiger partial charge in [0, 0.05) is 4.88 Å². The second-order valence-electron chi connectivity index (χ2n) is 7.20. The van der Waals surface area contributed by atoms with Gasteiger partial charge in [-0.05, 0) is 36.8 Å². The van der Waals surface area contributed by atoms with Gasteiger partial charge in [-0.15, -0.1) is 11.3 Å². The van der Waals surface area contributed by atoms with Crippen LogP contribution in [0.3, 0.4) is 0 Å². The van der Waals surface area contributed by atoms with Crippen LogP contribution in [0.1, 0.15) is 39.2 Å². The van der Waals surface area contributed by atoms with E-state index in [1.807, 2.05) is 46.1 Å². The predicted molar refractivity (Wildman–Crippen MR) is 111 cm³/mol. The number of esters is 1. The minimum atomic E-state index is -0.374. The van der Waals surface area contributed by atoms with Gasteiger partial charge in [-0.25, -0.2) is 13.9 Å². The Morgan fingerprint density at radius 2 is 1.97 bits per heavy atom. The van der Waals surface area contributed by atoms with Crippen molar-refractivity contribution in [1.29, 1.82) is 0 Å². The molecule has 8 heteroatoms. The molecule has 0 saturated carbocycles. The minimum absolute atomic E-state index is 0. The first-order valence-electron chi connectivity index (χ1n) is 9.75. The van der Waals surface area contributed by atoms with Gasteiger partial charge >= 0.3 is 5.97 Å². The Bertz CT molecular complexity index is 1030. The van der Waals surface area contributed by atoms with Crippen LogP contribution in [0.5, 0.6) is 0 Å². The molecule has 0 unspecified atom stereocenters. The number of ether oxygens (including phenoxy) is 1. The van der Waals surface area contributed by atoms with E-state index in [-0.39, 0.29) is 30.8 Å². The number of methoxy groups -OCH3 is 1. The summed E-state index contributed by atoms with van der Waals surface area (Å²) in [5, 5.41) is 3.55. The first-order valence-corrected chi connectivity index (χ1v) is 10.6. The van der Waals surface area contributed by atoms with Gasteiger partial charge in [0.05, 0.1) is 12.7 Å². The van der Waals surface area contributed by atoms with Gasteiger partial charge < -0.3 is 22.5 Å². The Morgan fingerprint density at radius 1 is 1.20 bits per heavy atom. The van der Waals surface area contributed by atoms with Crippen molar-refractivity contribution in [3.8, 4) is 0 Å². The topological polar surface area (TPSA) is 64.2 Å². The van der Waals surface area contributed by atoms with Crippen molar-refractivity contribution in [2.45, 2.75) is 38.8 Å². The average molecular weight is 446 g/mol. The summed E-state index contributed by atoms with van der Waals surface area (Å²) in [5.74, 6) is -0.530. The third-order valence-electron chi connectivity index (χ3n) is 5.09. The molecular formula is C22H24ClN3O3S. The molecule has 0 spiro atoms. The second-order valence-corrected chi connectivity index (χ2v) is 8.30. The molecule has 1 amide bonds. The van der Waals surface area contributed by atoms with Crippen molar-refractivity contribution in [2.24, 2.45) is 0 Å². The smallest absolute Gasteiger partial charge is 0.341 e. The summed E-state index contributed by atoms with van der Waals surface area (Å²) in [7, 11) is 1.38. The van der Waals surface area contributed by atoms with Crippen LogP contribution in [-0.2, 0) is 35.5 Å². The summed E-state index contributed by atoms with van der Waals surface area (Å²) in [6.45, 7) is 0.935. The Kier molecular flexibility index (Phi) is 7.29. The maximum absolute atomic E-state index is 12.6. The summed E-state index contributed by atoms with van der Waals surface area (Å²) in [5.41, 5.74) is 2.78. The number of aromatic nitrogens is 2. The van der Waals surface area contributed by atoms with Crippen LogP contribution in [0.15, 0.2) is 49.1 Å². The Balaban J connectivity index is 0.00000256. The van der Waals surface area contributed by atoms with Gasteiger partial charge in [0.2, 0.25) is 6.33 Å². The second kappa shape index (κ2) is 9.91. The number of nitrogens with one attached hydrogen (secondary N) is 1. The number of thiophene rings is 1. The number of hydrogen-bond donors (Lipinski definition) is 1. The van der Waals surface area contributed by atoms with E-state index < -0.39 is 0 Å². The first kappa shape index (κ1) is 22.1. The van der Waals surface area contributed by atoms with E-state index in [1.54, 1.807) is 0 Å². The monoisotopic (exact) mass is 445 g/mol. The molecule has 0 fully saturated rings. The number of halogens is 1. The SMILES string of the molecule is COC(=O)c1c(NC(=O)Cn2cc[n+](Cc3ccccc3)c2)sc2c1CCCC2.[Cl-]. The highest BCUT2D eigenvalue weighted by molar-refractivity contribution is 7.17. The number of rotatable bonds is 6. The molecule has 0 atom stereocenters. The molecule has 0 saturated heterocycles. The zero-order valence-corrected chi connectivity index (χ0v) is 18.3. The van der Waals surface area contributed by atoms with Gasteiger partial charge in [0.1, 0.15) is 23.9 Å². The third kappa shape index (κ3) is 4.91. The molecule has 158 valence electrons. The van der Waals surface area contributed by atoms with Gasteiger partial charge in [-0.3, -0.25) is 4.79 Å². The lowest BCUT2D eigenvalue weighted by molar-refractivity contribution is -0.687. The maximum atomic E-state index is 12.6. The van der Waals surface area contributed by atoms with Crippen molar-refractivity contribution < 1.29 is 31.3 Å². The quantitative estimate of drug-likeness (QED) is 0.435. The molecule has 2 heterocycles. The molecule has 1 aliphatic carbocycles. The fourth-order valence-electron chi connectivity index (χ4n) is 3.72. The van der Waals surface area contributed by atoms with E-state index in [0.29, 0.717) is 10.6 Å². The molecular weight excluding hydrogens is 422 g/mol. The highest BCUT2D eigenvalue weighted by Crippen LogP contribution is 2.38. The van der Waals surface area contributed by atoms with Crippen LogP contribution < -0.4 is 22.3 Å². The summed E-state index contributed by atoms with van der Waals surface area (Å²) >= 11 is 1.50. The summed E-state index contributed by atoms with van der Waals surface area (Å²) in [6, 6.07) is 10.2. The standard InChI is InChI=1S/C22H23N3O3S.ClH/c1-28-22(27)20-17-9-5-6-10-18(17)29-21(20)23-19(26)14-25-12-11-24(15-25)13-16-7-3-2-4-8-16;/h2-4,7-8,11-12,15H,5-6,9-10,13-14H2,1H3;1H. The minimum Gasteiger partial charge on any atom is -1.00 e. The maximum Gasteiger partial charge on any atom is 0.341 e. The lowest BCUT2D eigenvalue weighted by Crippen LogP contribution is -3.00. The number of aryl methyl sites for hydroxylation is 1. The number of imidazole rings is 1. The number of amides is 1. The number of carbonyl (C=O) groups is 2. The van der Waals surface area contributed by atoms with E-state index in [1.165, 1.54) is 28.9 Å².